The topological polar surface area (TPSA) is 24.5 Å². The van der Waals surface area contributed by atoms with Crippen molar-refractivity contribution in [3.63, 3.8) is 0 Å². The van der Waals surface area contributed by atoms with Crippen molar-refractivity contribution in [1.82, 2.24) is 10.2 Å². The molecule has 1 N–H and O–H groups in total. The first-order valence-corrected chi connectivity index (χ1v) is 7.29. The van der Waals surface area contributed by atoms with Gasteiger partial charge in [-0.2, -0.15) is 0 Å². The molecule has 3 nitrogen and oxygen atoms in total. The molecule has 1 unspecified atom stereocenters. The number of hydrogen-bond donors (Lipinski definition) is 1. The Bertz CT molecular complexity index is 369. The lowest BCUT2D eigenvalue weighted by Gasteiger charge is -2.36. The van der Waals surface area contributed by atoms with Crippen LogP contribution < -0.4 is 10.1 Å². The molecule has 19 heavy (non-hydrogen) atoms. The summed E-state index contributed by atoms with van der Waals surface area (Å²) in [5.74, 6) is 1.65. The molecule has 1 aromatic rings. The SMILES string of the molecule is COc1ccc(C(CC(C)C)N2CCNCC2)cc1. The molecule has 3 heteroatoms. The first kappa shape index (κ1) is 14.4. The Morgan fingerprint density at radius 1 is 1.16 bits per heavy atom. The zero-order chi connectivity index (χ0) is 13.7. The van der Waals surface area contributed by atoms with Crippen molar-refractivity contribution < 1.29 is 4.74 Å². The molecule has 1 heterocycles. The number of nitrogens with one attached hydrogen (secondary N) is 1. The molecule has 1 aromatic carbocycles. The summed E-state index contributed by atoms with van der Waals surface area (Å²) >= 11 is 0. The van der Waals surface area contributed by atoms with Crippen LogP contribution in [0.25, 0.3) is 0 Å². The number of methoxy groups -OCH3 is 1. The van der Waals surface area contributed by atoms with E-state index in [2.05, 4.69) is 48.3 Å². The molecule has 1 fully saturated rings. The van der Waals surface area contributed by atoms with Gasteiger partial charge in [0.15, 0.2) is 0 Å². The van der Waals surface area contributed by atoms with Gasteiger partial charge in [0.05, 0.1) is 7.11 Å². The van der Waals surface area contributed by atoms with Gasteiger partial charge in [0.2, 0.25) is 0 Å². The van der Waals surface area contributed by atoms with Crippen LogP contribution in [0.15, 0.2) is 24.3 Å². The van der Waals surface area contributed by atoms with E-state index in [0.29, 0.717) is 12.0 Å². The molecule has 1 aliphatic rings. The number of piperazine rings is 1. The molecular formula is C16H26N2O. The summed E-state index contributed by atoms with van der Waals surface area (Å²) < 4.78 is 5.25. The number of rotatable bonds is 5. The summed E-state index contributed by atoms with van der Waals surface area (Å²) in [5.41, 5.74) is 1.41. The van der Waals surface area contributed by atoms with E-state index in [1.54, 1.807) is 7.11 Å². The van der Waals surface area contributed by atoms with Gasteiger partial charge in [-0.25, -0.2) is 0 Å². The van der Waals surface area contributed by atoms with Crippen molar-refractivity contribution in [3.05, 3.63) is 29.8 Å². The minimum atomic E-state index is 0.535. The lowest BCUT2D eigenvalue weighted by Crippen LogP contribution is -2.45. The van der Waals surface area contributed by atoms with E-state index in [9.17, 15) is 0 Å². The average Bonchev–Trinajstić information content (AvgIpc) is 2.46. The van der Waals surface area contributed by atoms with Gasteiger partial charge in [0.25, 0.3) is 0 Å². The zero-order valence-electron chi connectivity index (χ0n) is 12.4. The fraction of sp³-hybridized carbons (Fsp3) is 0.625. The van der Waals surface area contributed by atoms with Crippen LogP contribution in [0.2, 0.25) is 0 Å². The molecule has 0 amide bonds. The van der Waals surface area contributed by atoms with E-state index in [1.807, 2.05) is 0 Å². The maximum absolute atomic E-state index is 5.25. The van der Waals surface area contributed by atoms with Crippen LogP contribution in [-0.2, 0) is 0 Å². The maximum Gasteiger partial charge on any atom is 0.118 e. The molecule has 0 aliphatic carbocycles. The molecule has 2 rings (SSSR count). The predicted octanol–water partition coefficient (Wildman–Crippen LogP) is 2.69. The van der Waals surface area contributed by atoms with Crippen molar-refractivity contribution in [2.24, 2.45) is 5.92 Å². The van der Waals surface area contributed by atoms with Crippen molar-refractivity contribution in [2.45, 2.75) is 26.3 Å². The first-order chi connectivity index (χ1) is 9.20. The minimum Gasteiger partial charge on any atom is -0.497 e. The average molecular weight is 262 g/mol. The standard InChI is InChI=1S/C16H26N2O/c1-13(2)12-16(18-10-8-17-9-11-18)14-4-6-15(19-3)7-5-14/h4-7,13,16-17H,8-12H2,1-3H3. The zero-order valence-corrected chi connectivity index (χ0v) is 12.4. The number of nitrogens with zero attached hydrogens (tertiary/aromatic N) is 1. The Hall–Kier alpha value is -1.06. The van der Waals surface area contributed by atoms with Gasteiger partial charge in [-0.15, -0.1) is 0 Å². The third kappa shape index (κ3) is 3.95. The summed E-state index contributed by atoms with van der Waals surface area (Å²) in [6.45, 7) is 9.10. The first-order valence-electron chi connectivity index (χ1n) is 7.29. The molecule has 0 spiro atoms. The lowest BCUT2D eigenvalue weighted by atomic mass is 9.95. The lowest BCUT2D eigenvalue weighted by molar-refractivity contribution is 0.154. The molecule has 1 saturated heterocycles. The molecule has 0 saturated carbocycles. The van der Waals surface area contributed by atoms with Crippen LogP contribution in [0.3, 0.4) is 0 Å². The van der Waals surface area contributed by atoms with Gasteiger partial charge in [0.1, 0.15) is 5.75 Å². The largest absolute Gasteiger partial charge is 0.497 e. The van der Waals surface area contributed by atoms with Gasteiger partial charge in [-0.1, -0.05) is 26.0 Å². The highest BCUT2D eigenvalue weighted by molar-refractivity contribution is 5.29. The summed E-state index contributed by atoms with van der Waals surface area (Å²) in [7, 11) is 1.72. The Morgan fingerprint density at radius 3 is 2.32 bits per heavy atom. The number of ether oxygens (including phenoxy) is 1. The quantitative estimate of drug-likeness (QED) is 0.883. The molecule has 0 radical (unpaired) electrons. The molecule has 106 valence electrons. The molecular weight excluding hydrogens is 236 g/mol. The summed E-state index contributed by atoms with van der Waals surface area (Å²) in [4.78, 5) is 2.61. The Labute approximate surface area is 116 Å². The monoisotopic (exact) mass is 262 g/mol. The van der Waals surface area contributed by atoms with E-state index >= 15 is 0 Å². The van der Waals surface area contributed by atoms with Gasteiger partial charge >= 0.3 is 0 Å². The van der Waals surface area contributed by atoms with Crippen LogP contribution >= 0.6 is 0 Å². The molecule has 1 aliphatic heterocycles. The normalized spacial score (nSPS) is 18.5. The van der Waals surface area contributed by atoms with Crippen molar-refractivity contribution in [3.8, 4) is 5.75 Å². The highest BCUT2D eigenvalue weighted by Gasteiger charge is 2.22. The summed E-state index contributed by atoms with van der Waals surface area (Å²) in [6.07, 6.45) is 1.21. The Morgan fingerprint density at radius 2 is 1.79 bits per heavy atom. The third-order valence-electron chi connectivity index (χ3n) is 3.79. The Kier molecular flexibility index (Phi) is 5.23. The highest BCUT2D eigenvalue weighted by Crippen LogP contribution is 2.29. The molecule has 0 aromatic heterocycles. The predicted molar refractivity (Wildman–Crippen MR) is 79.6 cm³/mol. The number of benzene rings is 1. The van der Waals surface area contributed by atoms with Gasteiger partial charge in [0, 0.05) is 32.2 Å². The van der Waals surface area contributed by atoms with Gasteiger partial charge in [-0.05, 0) is 30.0 Å². The highest BCUT2D eigenvalue weighted by atomic mass is 16.5. The second-order valence-electron chi connectivity index (χ2n) is 5.70. The number of hydrogen-bond acceptors (Lipinski definition) is 3. The second kappa shape index (κ2) is 6.92. The van der Waals surface area contributed by atoms with Crippen LogP contribution in [0.1, 0.15) is 31.9 Å². The van der Waals surface area contributed by atoms with E-state index < -0.39 is 0 Å². The van der Waals surface area contributed by atoms with Crippen molar-refractivity contribution >= 4 is 0 Å². The van der Waals surface area contributed by atoms with Crippen molar-refractivity contribution in [1.29, 1.82) is 0 Å². The fourth-order valence-corrected chi connectivity index (χ4v) is 2.76. The van der Waals surface area contributed by atoms with Crippen LogP contribution in [-0.4, -0.2) is 38.2 Å². The van der Waals surface area contributed by atoms with Crippen LogP contribution in [0.5, 0.6) is 5.75 Å². The van der Waals surface area contributed by atoms with E-state index in [4.69, 9.17) is 4.74 Å². The maximum atomic E-state index is 5.25. The van der Waals surface area contributed by atoms with E-state index in [0.717, 1.165) is 31.9 Å². The second-order valence-corrected chi connectivity index (χ2v) is 5.70. The summed E-state index contributed by atoms with van der Waals surface area (Å²) in [5, 5.41) is 3.43. The van der Waals surface area contributed by atoms with Gasteiger partial charge in [-0.3, -0.25) is 4.90 Å². The third-order valence-corrected chi connectivity index (χ3v) is 3.79. The van der Waals surface area contributed by atoms with Crippen molar-refractivity contribution in [2.75, 3.05) is 33.3 Å². The fourth-order valence-electron chi connectivity index (χ4n) is 2.76. The van der Waals surface area contributed by atoms with Gasteiger partial charge < -0.3 is 10.1 Å². The molecule has 1 atom stereocenters. The summed E-state index contributed by atoms with van der Waals surface area (Å²) in [6, 6.07) is 9.12. The Balaban J connectivity index is 2.14. The smallest absolute Gasteiger partial charge is 0.118 e. The van der Waals surface area contributed by atoms with Crippen LogP contribution in [0, 0.1) is 5.92 Å². The van der Waals surface area contributed by atoms with Crippen LogP contribution in [0.4, 0.5) is 0 Å². The van der Waals surface area contributed by atoms with E-state index in [1.165, 1.54) is 12.0 Å². The van der Waals surface area contributed by atoms with E-state index in [-0.39, 0.29) is 0 Å². The molecule has 0 bridgehead atoms. The minimum absolute atomic E-state index is 0.535.